The molecule has 2 amide bonds. The zero-order valence-corrected chi connectivity index (χ0v) is 6.92. The van der Waals surface area contributed by atoms with E-state index in [9.17, 15) is 4.79 Å². The molecule has 0 atom stereocenters. The van der Waals surface area contributed by atoms with Crippen LogP contribution < -0.4 is 5.73 Å². The number of carbonyl (C=O) groups excluding carboxylic acids is 1. The van der Waals surface area contributed by atoms with E-state index in [1.807, 2.05) is 0 Å². The molecule has 0 aliphatic carbocycles. The van der Waals surface area contributed by atoms with Gasteiger partial charge in [0.15, 0.2) is 0 Å². The van der Waals surface area contributed by atoms with Gasteiger partial charge in [-0.3, -0.25) is 0 Å². The molecule has 3 heteroatoms. The second-order valence-corrected chi connectivity index (χ2v) is 2.94. The molecular formula is C7H16N2O. The van der Waals surface area contributed by atoms with Crippen molar-refractivity contribution in [1.29, 1.82) is 0 Å². The summed E-state index contributed by atoms with van der Waals surface area (Å²) in [5, 5.41) is 0. The van der Waals surface area contributed by atoms with E-state index in [1.165, 1.54) is 4.90 Å². The average molecular weight is 144 g/mol. The quantitative estimate of drug-likeness (QED) is 0.632. The van der Waals surface area contributed by atoms with Crippen LogP contribution in [0.15, 0.2) is 0 Å². The monoisotopic (exact) mass is 144 g/mol. The van der Waals surface area contributed by atoms with E-state index in [2.05, 4.69) is 13.8 Å². The van der Waals surface area contributed by atoms with Gasteiger partial charge in [0.05, 0.1) is 0 Å². The molecule has 0 saturated carbocycles. The molecule has 0 spiro atoms. The van der Waals surface area contributed by atoms with Crippen LogP contribution in [0, 0.1) is 5.92 Å². The fourth-order valence-corrected chi connectivity index (χ4v) is 0.562. The Bertz CT molecular complexity index is 112. The highest BCUT2D eigenvalue weighted by Gasteiger charge is 2.02. The van der Waals surface area contributed by atoms with E-state index >= 15 is 0 Å². The van der Waals surface area contributed by atoms with Crippen molar-refractivity contribution in [3.05, 3.63) is 0 Å². The largest absolute Gasteiger partial charge is 0.351 e. The smallest absolute Gasteiger partial charge is 0.314 e. The van der Waals surface area contributed by atoms with Gasteiger partial charge in [0.1, 0.15) is 0 Å². The maximum absolute atomic E-state index is 10.5. The number of hydrogen-bond donors (Lipinski definition) is 1. The van der Waals surface area contributed by atoms with Crippen LogP contribution in [0.2, 0.25) is 0 Å². The summed E-state index contributed by atoms with van der Waals surface area (Å²) >= 11 is 0. The van der Waals surface area contributed by atoms with Crippen LogP contribution in [0.3, 0.4) is 0 Å². The lowest BCUT2D eigenvalue weighted by atomic mass is 10.1. The molecular weight excluding hydrogens is 128 g/mol. The molecule has 0 aromatic rings. The number of amides is 2. The molecule has 0 heterocycles. The summed E-state index contributed by atoms with van der Waals surface area (Å²) < 4.78 is 0. The van der Waals surface area contributed by atoms with Gasteiger partial charge in [-0.05, 0) is 12.3 Å². The van der Waals surface area contributed by atoms with Gasteiger partial charge in [-0.2, -0.15) is 0 Å². The van der Waals surface area contributed by atoms with Crippen molar-refractivity contribution < 1.29 is 4.79 Å². The van der Waals surface area contributed by atoms with Crippen molar-refractivity contribution in [1.82, 2.24) is 4.90 Å². The summed E-state index contributed by atoms with van der Waals surface area (Å²) in [6, 6.07) is -0.347. The van der Waals surface area contributed by atoms with Gasteiger partial charge in [-0.15, -0.1) is 0 Å². The summed E-state index contributed by atoms with van der Waals surface area (Å²) in [6.45, 7) is 5.00. The normalized spacial score (nSPS) is 10.0. The van der Waals surface area contributed by atoms with Gasteiger partial charge >= 0.3 is 6.03 Å². The predicted octanol–water partition coefficient (Wildman–Crippen LogP) is 1.04. The van der Waals surface area contributed by atoms with Crippen molar-refractivity contribution in [3.8, 4) is 0 Å². The van der Waals surface area contributed by atoms with Crippen LogP contribution in [0.5, 0.6) is 0 Å². The minimum absolute atomic E-state index is 0.347. The Morgan fingerprint density at radius 1 is 1.60 bits per heavy atom. The number of rotatable bonds is 3. The highest BCUT2D eigenvalue weighted by atomic mass is 16.2. The fourth-order valence-electron chi connectivity index (χ4n) is 0.562. The Morgan fingerprint density at radius 2 is 2.10 bits per heavy atom. The number of carbonyl (C=O) groups is 1. The minimum Gasteiger partial charge on any atom is -0.351 e. The molecule has 0 fully saturated rings. The maximum Gasteiger partial charge on any atom is 0.314 e. The van der Waals surface area contributed by atoms with Crippen LogP contribution >= 0.6 is 0 Å². The average Bonchev–Trinajstić information content (AvgIpc) is 1.82. The van der Waals surface area contributed by atoms with Gasteiger partial charge < -0.3 is 10.6 Å². The Morgan fingerprint density at radius 3 is 2.40 bits per heavy atom. The van der Waals surface area contributed by atoms with E-state index in [0.717, 1.165) is 13.0 Å². The number of nitrogens with two attached hydrogens (primary N) is 1. The molecule has 10 heavy (non-hydrogen) atoms. The van der Waals surface area contributed by atoms with Crippen molar-refractivity contribution >= 4 is 6.03 Å². The second kappa shape index (κ2) is 4.14. The Balaban J connectivity index is 3.40. The predicted molar refractivity (Wildman–Crippen MR) is 41.7 cm³/mol. The van der Waals surface area contributed by atoms with Gasteiger partial charge in [0, 0.05) is 13.6 Å². The molecule has 0 aromatic carbocycles. The molecule has 0 bridgehead atoms. The van der Waals surface area contributed by atoms with Crippen LogP contribution in [0.1, 0.15) is 20.3 Å². The Kier molecular flexibility index (Phi) is 3.84. The summed E-state index contributed by atoms with van der Waals surface area (Å²) in [7, 11) is 1.71. The third-order valence-corrected chi connectivity index (χ3v) is 1.42. The summed E-state index contributed by atoms with van der Waals surface area (Å²) in [5.41, 5.74) is 5.01. The lowest BCUT2D eigenvalue weighted by molar-refractivity contribution is 0.216. The first-order valence-corrected chi connectivity index (χ1v) is 3.54. The molecule has 2 N–H and O–H groups in total. The third-order valence-electron chi connectivity index (χ3n) is 1.42. The van der Waals surface area contributed by atoms with E-state index < -0.39 is 0 Å². The molecule has 0 rings (SSSR count). The topological polar surface area (TPSA) is 46.3 Å². The van der Waals surface area contributed by atoms with E-state index in [-0.39, 0.29) is 6.03 Å². The SMILES string of the molecule is CC(C)CCN(C)C(N)=O. The fraction of sp³-hybridized carbons (Fsp3) is 0.857. The molecule has 0 unspecified atom stereocenters. The van der Waals surface area contributed by atoms with E-state index in [1.54, 1.807) is 7.05 Å². The molecule has 60 valence electrons. The first-order valence-electron chi connectivity index (χ1n) is 3.54. The minimum atomic E-state index is -0.347. The van der Waals surface area contributed by atoms with Crippen molar-refractivity contribution in [2.24, 2.45) is 11.7 Å². The zero-order valence-electron chi connectivity index (χ0n) is 6.92. The molecule has 0 aromatic heterocycles. The standard InChI is InChI=1S/C7H16N2O/c1-6(2)4-5-9(3)7(8)10/h6H,4-5H2,1-3H3,(H2,8,10). The Hall–Kier alpha value is -0.730. The molecule has 0 radical (unpaired) electrons. The van der Waals surface area contributed by atoms with Crippen molar-refractivity contribution in [2.75, 3.05) is 13.6 Å². The van der Waals surface area contributed by atoms with Crippen LogP contribution in [0.25, 0.3) is 0 Å². The lowest BCUT2D eigenvalue weighted by Gasteiger charge is -2.14. The highest BCUT2D eigenvalue weighted by Crippen LogP contribution is 1.99. The van der Waals surface area contributed by atoms with Crippen LogP contribution in [0.4, 0.5) is 4.79 Å². The van der Waals surface area contributed by atoms with Gasteiger partial charge in [-0.25, -0.2) is 4.79 Å². The zero-order chi connectivity index (χ0) is 8.15. The van der Waals surface area contributed by atoms with Crippen molar-refractivity contribution in [3.63, 3.8) is 0 Å². The number of urea groups is 1. The number of primary amides is 1. The lowest BCUT2D eigenvalue weighted by Crippen LogP contribution is -2.33. The van der Waals surface area contributed by atoms with Crippen molar-refractivity contribution in [2.45, 2.75) is 20.3 Å². The van der Waals surface area contributed by atoms with Crippen LogP contribution in [-0.2, 0) is 0 Å². The summed E-state index contributed by atoms with van der Waals surface area (Å²) in [4.78, 5) is 12.0. The van der Waals surface area contributed by atoms with Gasteiger partial charge in [0.25, 0.3) is 0 Å². The van der Waals surface area contributed by atoms with Gasteiger partial charge in [-0.1, -0.05) is 13.8 Å². The molecule has 0 saturated heterocycles. The number of hydrogen-bond acceptors (Lipinski definition) is 1. The first kappa shape index (κ1) is 9.27. The maximum atomic E-state index is 10.5. The Labute approximate surface area is 62.2 Å². The molecule has 3 nitrogen and oxygen atoms in total. The second-order valence-electron chi connectivity index (χ2n) is 2.94. The summed E-state index contributed by atoms with van der Waals surface area (Å²) in [6.07, 6.45) is 1.01. The third kappa shape index (κ3) is 4.18. The van der Waals surface area contributed by atoms with E-state index in [4.69, 9.17) is 5.73 Å². The van der Waals surface area contributed by atoms with Crippen LogP contribution in [-0.4, -0.2) is 24.5 Å². The molecule has 0 aliphatic heterocycles. The summed E-state index contributed by atoms with van der Waals surface area (Å²) in [5.74, 6) is 0.627. The van der Waals surface area contributed by atoms with E-state index in [0.29, 0.717) is 5.92 Å². The molecule has 0 aliphatic rings. The number of nitrogens with zero attached hydrogens (tertiary/aromatic N) is 1. The van der Waals surface area contributed by atoms with Gasteiger partial charge in [0.2, 0.25) is 0 Å². The first-order chi connectivity index (χ1) is 4.54. The highest BCUT2D eigenvalue weighted by molar-refractivity contribution is 5.71.